The Morgan fingerprint density at radius 3 is 2.29 bits per heavy atom. The minimum Gasteiger partial charge on any atom is -0.506 e. The molecular formula is C9H5F5O2S. The fraction of sp³-hybridized carbons (Fsp3) is 0.222. The van der Waals surface area contributed by atoms with Gasteiger partial charge in [0.25, 0.3) is 0 Å². The second-order valence-electron chi connectivity index (χ2n) is 2.94. The Kier molecular flexibility index (Phi) is 3.56. The molecule has 0 aliphatic heterocycles. The zero-order chi connectivity index (χ0) is 13.3. The molecule has 0 aliphatic rings. The Morgan fingerprint density at radius 2 is 1.88 bits per heavy atom. The summed E-state index contributed by atoms with van der Waals surface area (Å²) < 4.78 is 60.4. The molecular weight excluding hydrogens is 267 g/mol. The molecule has 0 aromatic carbocycles. The first-order valence-corrected chi connectivity index (χ1v) is 4.97. The molecule has 1 rings (SSSR count). The monoisotopic (exact) mass is 272 g/mol. The molecule has 17 heavy (non-hydrogen) atoms. The number of aliphatic hydroxyl groups is 1. The molecule has 0 aliphatic carbocycles. The molecule has 0 spiro atoms. The third kappa shape index (κ3) is 2.82. The lowest BCUT2D eigenvalue weighted by molar-refractivity contribution is -0.266. The van der Waals surface area contributed by atoms with Crippen molar-refractivity contribution in [2.45, 2.75) is 12.1 Å². The Balaban J connectivity index is 2.97. The van der Waals surface area contributed by atoms with E-state index in [2.05, 4.69) is 0 Å². The van der Waals surface area contributed by atoms with Gasteiger partial charge in [0.2, 0.25) is 5.78 Å². The number of halogens is 5. The molecule has 0 radical (unpaired) electrons. The second kappa shape index (κ2) is 4.44. The summed E-state index contributed by atoms with van der Waals surface area (Å²) in [4.78, 5) is 10.7. The fourth-order valence-corrected chi connectivity index (χ4v) is 1.49. The van der Waals surface area contributed by atoms with Crippen LogP contribution in [-0.2, 0) is 4.79 Å². The number of rotatable bonds is 3. The summed E-state index contributed by atoms with van der Waals surface area (Å²) in [6.45, 7) is 0. The molecule has 1 heterocycles. The first kappa shape index (κ1) is 13.6. The van der Waals surface area contributed by atoms with Crippen LogP contribution in [0.1, 0.15) is 4.88 Å². The third-order valence-electron chi connectivity index (χ3n) is 1.71. The van der Waals surface area contributed by atoms with Crippen molar-refractivity contribution in [2.24, 2.45) is 0 Å². The fourth-order valence-electron chi connectivity index (χ4n) is 0.850. The molecule has 0 atom stereocenters. The number of thiophene rings is 1. The van der Waals surface area contributed by atoms with Gasteiger partial charge in [-0.1, -0.05) is 6.07 Å². The molecule has 1 aromatic rings. The van der Waals surface area contributed by atoms with Crippen LogP contribution in [0, 0.1) is 0 Å². The molecule has 2 nitrogen and oxygen atoms in total. The summed E-state index contributed by atoms with van der Waals surface area (Å²) in [5.41, 5.74) is 0. The largest absolute Gasteiger partial charge is 0.506 e. The van der Waals surface area contributed by atoms with Gasteiger partial charge in [-0.25, -0.2) is 0 Å². The maximum Gasteiger partial charge on any atom is 0.461 e. The van der Waals surface area contributed by atoms with Crippen molar-refractivity contribution < 1.29 is 31.9 Å². The maximum atomic E-state index is 12.5. The van der Waals surface area contributed by atoms with Gasteiger partial charge in [-0.2, -0.15) is 22.0 Å². The lowest BCUT2D eigenvalue weighted by Crippen LogP contribution is -2.43. The quantitative estimate of drug-likeness (QED) is 0.520. The van der Waals surface area contributed by atoms with E-state index in [-0.39, 0.29) is 11.0 Å². The number of aliphatic hydroxyl groups excluding tert-OH is 1. The van der Waals surface area contributed by atoms with Gasteiger partial charge in [0.05, 0.1) is 4.88 Å². The standard InChI is InChI=1S/C9H5F5O2S/c10-8(11,9(12,13)14)7(16)4-5(15)6-2-1-3-17-6/h1-4,15H. The number of carbonyl (C=O) groups excluding carboxylic acids is 1. The van der Waals surface area contributed by atoms with Crippen molar-refractivity contribution in [3.8, 4) is 0 Å². The zero-order valence-corrected chi connectivity index (χ0v) is 8.78. The highest BCUT2D eigenvalue weighted by Gasteiger charge is 2.62. The van der Waals surface area contributed by atoms with E-state index < -0.39 is 23.6 Å². The highest BCUT2D eigenvalue weighted by atomic mass is 32.1. The Hall–Kier alpha value is -1.44. The van der Waals surface area contributed by atoms with Crippen molar-refractivity contribution in [1.82, 2.24) is 0 Å². The van der Waals surface area contributed by atoms with Crippen molar-refractivity contribution in [3.05, 3.63) is 28.5 Å². The molecule has 0 saturated carbocycles. The maximum absolute atomic E-state index is 12.5. The van der Waals surface area contributed by atoms with E-state index in [1.54, 1.807) is 0 Å². The van der Waals surface area contributed by atoms with Crippen molar-refractivity contribution in [1.29, 1.82) is 0 Å². The van der Waals surface area contributed by atoms with E-state index in [1.807, 2.05) is 0 Å². The molecule has 0 saturated heterocycles. The van der Waals surface area contributed by atoms with Crippen LogP contribution < -0.4 is 0 Å². The first-order valence-electron chi connectivity index (χ1n) is 4.10. The topological polar surface area (TPSA) is 37.3 Å². The van der Waals surface area contributed by atoms with Crippen LogP contribution in [0.5, 0.6) is 0 Å². The van der Waals surface area contributed by atoms with Crippen molar-refractivity contribution in [3.63, 3.8) is 0 Å². The molecule has 0 amide bonds. The molecule has 94 valence electrons. The lowest BCUT2D eigenvalue weighted by atomic mass is 10.2. The first-order chi connectivity index (χ1) is 7.66. The van der Waals surface area contributed by atoms with Gasteiger partial charge in [0, 0.05) is 6.08 Å². The zero-order valence-electron chi connectivity index (χ0n) is 7.96. The highest BCUT2D eigenvalue weighted by molar-refractivity contribution is 7.11. The summed E-state index contributed by atoms with van der Waals surface area (Å²) in [6, 6.07) is 2.71. The lowest BCUT2D eigenvalue weighted by Gasteiger charge is -2.16. The van der Waals surface area contributed by atoms with Gasteiger partial charge in [-0.3, -0.25) is 4.79 Å². The number of hydrogen-bond donors (Lipinski definition) is 1. The van der Waals surface area contributed by atoms with Crippen LogP contribution in [0.25, 0.3) is 5.76 Å². The van der Waals surface area contributed by atoms with Crippen LogP contribution >= 0.6 is 11.3 Å². The minimum atomic E-state index is -5.98. The van der Waals surface area contributed by atoms with Crippen molar-refractivity contribution in [2.75, 3.05) is 0 Å². The smallest absolute Gasteiger partial charge is 0.461 e. The predicted molar refractivity (Wildman–Crippen MR) is 50.9 cm³/mol. The van der Waals surface area contributed by atoms with Crippen LogP contribution in [0.3, 0.4) is 0 Å². The van der Waals surface area contributed by atoms with E-state index >= 15 is 0 Å². The van der Waals surface area contributed by atoms with Crippen LogP contribution in [0.2, 0.25) is 0 Å². The average molecular weight is 272 g/mol. The SMILES string of the molecule is O=C(C=C(O)c1cccs1)C(F)(F)C(F)(F)F. The highest BCUT2D eigenvalue weighted by Crippen LogP contribution is 2.36. The van der Waals surface area contributed by atoms with Crippen LogP contribution in [-0.4, -0.2) is 23.0 Å². The normalized spacial score (nSPS) is 13.8. The third-order valence-corrected chi connectivity index (χ3v) is 2.60. The van der Waals surface area contributed by atoms with E-state index in [4.69, 9.17) is 5.11 Å². The molecule has 0 unspecified atom stereocenters. The average Bonchev–Trinajstić information content (AvgIpc) is 2.68. The number of ketones is 1. The van der Waals surface area contributed by atoms with Gasteiger partial charge in [0.1, 0.15) is 5.76 Å². The molecule has 0 bridgehead atoms. The van der Waals surface area contributed by atoms with Crippen molar-refractivity contribution >= 4 is 22.9 Å². The summed E-state index contributed by atoms with van der Waals surface area (Å²) in [7, 11) is 0. The number of carbonyl (C=O) groups is 1. The number of allylic oxidation sites excluding steroid dienone is 1. The van der Waals surface area contributed by atoms with Gasteiger partial charge in [0.15, 0.2) is 0 Å². The minimum absolute atomic E-state index is 0.0244. The molecule has 1 aromatic heterocycles. The van der Waals surface area contributed by atoms with Gasteiger partial charge in [-0.15, -0.1) is 11.3 Å². The summed E-state index contributed by atoms with van der Waals surface area (Å²) in [5, 5.41) is 10.6. The molecule has 1 N–H and O–H groups in total. The summed E-state index contributed by atoms with van der Waals surface area (Å²) in [6.07, 6.45) is -6.10. The van der Waals surface area contributed by atoms with Gasteiger partial charge < -0.3 is 5.11 Å². The Labute approximate surface area is 96.0 Å². The summed E-state index contributed by atoms with van der Waals surface area (Å²) >= 11 is 0.894. The van der Waals surface area contributed by atoms with E-state index in [9.17, 15) is 26.7 Å². The van der Waals surface area contributed by atoms with E-state index in [0.29, 0.717) is 0 Å². The van der Waals surface area contributed by atoms with E-state index in [1.165, 1.54) is 17.5 Å². The number of hydrogen-bond acceptors (Lipinski definition) is 3. The predicted octanol–water partition coefficient (Wildman–Crippen LogP) is 3.41. The van der Waals surface area contributed by atoms with E-state index in [0.717, 1.165) is 11.3 Å². The Morgan fingerprint density at radius 1 is 1.29 bits per heavy atom. The molecule has 0 fully saturated rings. The summed E-state index contributed by atoms with van der Waals surface area (Å²) in [5.74, 6) is -8.93. The van der Waals surface area contributed by atoms with Gasteiger partial charge >= 0.3 is 12.1 Å². The second-order valence-corrected chi connectivity index (χ2v) is 3.89. The Bertz CT molecular complexity index is 433. The number of alkyl halides is 5. The van der Waals surface area contributed by atoms with Gasteiger partial charge in [-0.05, 0) is 11.4 Å². The van der Waals surface area contributed by atoms with Crippen LogP contribution in [0.4, 0.5) is 22.0 Å². The molecule has 8 heteroatoms. The van der Waals surface area contributed by atoms with Crippen LogP contribution in [0.15, 0.2) is 23.6 Å².